The van der Waals surface area contributed by atoms with Crippen LogP contribution in [-0.4, -0.2) is 71.0 Å². The predicted octanol–water partition coefficient (Wildman–Crippen LogP) is 1.24. The van der Waals surface area contributed by atoms with Crippen LogP contribution in [0.3, 0.4) is 0 Å². The Morgan fingerprint density at radius 1 is 1.13 bits per heavy atom. The molecule has 23 heavy (non-hydrogen) atoms. The molecule has 0 N–H and O–H groups in total. The molecule has 2 aliphatic rings. The zero-order valence-corrected chi connectivity index (χ0v) is 14.4. The number of nitrogens with zero attached hydrogens (tertiary/aromatic N) is 5. The highest BCUT2D eigenvalue weighted by Crippen LogP contribution is 2.24. The number of carbonyl (C=O) groups excluding carboxylic acids is 1. The van der Waals surface area contributed by atoms with E-state index in [0.29, 0.717) is 18.0 Å². The Bertz CT molecular complexity index is 525. The molecule has 0 spiro atoms. The highest BCUT2D eigenvalue weighted by Gasteiger charge is 2.35. The molecule has 3 heterocycles. The maximum atomic E-state index is 13.0. The summed E-state index contributed by atoms with van der Waals surface area (Å²) in [5.74, 6) is 1.11. The van der Waals surface area contributed by atoms with E-state index in [1.54, 1.807) is 12.4 Å². The molecule has 2 fully saturated rings. The van der Waals surface area contributed by atoms with E-state index in [4.69, 9.17) is 0 Å². The summed E-state index contributed by atoms with van der Waals surface area (Å²) >= 11 is 0. The smallest absolute Gasteiger partial charge is 0.227 e. The molecule has 1 aromatic heterocycles. The minimum Gasteiger partial charge on any atom is -0.340 e. The number of rotatable bonds is 2. The van der Waals surface area contributed by atoms with Crippen molar-refractivity contribution in [1.82, 2.24) is 19.8 Å². The zero-order chi connectivity index (χ0) is 16.4. The van der Waals surface area contributed by atoms with Crippen LogP contribution >= 0.6 is 0 Å². The predicted molar refractivity (Wildman–Crippen MR) is 90.2 cm³/mol. The van der Waals surface area contributed by atoms with E-state index in [-0.39, 0.29) is 5.92 Å². The molecule has 2 saturated heterocycles. The van der Waals surface area contributed by atoms with Gasteiger partial charge in [0.1, 0.15) is 0 Å². The van der Waals surface area contributed by atoms with Crippen molar-refractivity contribution in [2.24, 2.45) is 5.92 Å². The summed E-state index contributed by atoms with van der Waals surface area (Å²) in [6.45, 7) is 7.72. The Kier molecular flexibility index (Phi) is 4.80. The van der Waals surface area contributed by atoms with Crippen molar-refractivity contribution >= 4 is 11.9 Å². The van der Waals surface area contributed by atoms with Gasteiger partial charge in [-0.25, -0.2) is 9.97 Å². The lowest BCUT2D eigenvalue weighted by Gasteiger charge is -2.44. The molecular weight excluding hydrogens is 290 g/mol. The molecule has 0 saturated carbocycles. The first-order valence-electron chi connectivity index (χ1n) is 8.59. The lowest BCUT2D eigenvalue weighted by Crippen LogP contribution is -2.58. The van der Waals surface area contributed by atoms with Gasteiger partial charge in [0.05, 0.1) is 5.92 Å². The first-order valence-corrected chi connectivity index (χ1v) is 8.59. The van der Waals surface area contributed by atoms with E-state index in [0.717, 1.165) is 45.0 Å². The molecule has 0 aromatic carbocycles. The Morgan fingerprint density at radius 2 is 1.78 bits per heavy atom. The number of aromatic nitrogens is 2. The molecule has 3 rings (SSSR count). The van der Waals surface area contributed by atoms with E-state index in [1.807, 2.05) is 6.07 Å². The second-order valence-electron chi connectivity index (χ2n) is 6.94. The van der Waals surface area contributed by atoms with Crippen LogP contribution in [0.5, 0.6) is 0 Å². The highest BCUT2D eigenvalue weighted by molar-refractivity contribution is 5.80. The number of anilines is 1. The number of carbonyl (C=O) groups is 1. The first kappa shape index (κ1) is 16.2. The second kappa shape index (κ2) is 6.83. The lowest BCUT2D eigenvalue weighted by molar-refractivity contribution is -0.139. The van der Waals surface area contributed by atoms with Gasteiger partial charge >= 0.3 is 0 Å². The van der Waals surface area contributed by atoms with E-state index in [2.05, 4.69) is 45.6 Å². The number of hydrogen-bond donors (Lipinski definition) is 0. The van der Waals surface area contributed by atoms with Gasteiger partial charge in [-0.1, -0.05) is 0 Å². The van der Waals surface area contributed by atoms with E-state index < -0.39 is 0 Å². The van der Waals surface area contributed by atoms with Crippen molar-refractivity contribution in [3.63, 3.8) is 0 Å². The van der Waals surface area contributed by atoms with Crippen LogP contribution in [0.4, 0.5) is 5.95 Å². The molecule has 1 aromatic rings. The van der Waals surface area contributed by atoms with Crippen LogP contribution in [-0.2, 0) is 4.79 Å². The molecule has 126 valence electrons. The zero-order valence-electron chi connectivity index (χ0n) is 14.4. The van der Waals surface area contributed by atoms with E-state index >= 15 is 0 Å². The molecular formula is C17H27N5O. The van der Waals surface area contributed by atoms with Gasteiger partial charge in [0.25, 0.3) is 0 Å². The van der Waals surface area contributed by atoms with Gasteiger partial charge in [0.15, 0.2) is 0 Å². The largest absolute Gasteiger partial charge is 0.340 e. The fourth-order valence-corrected chi connectivity index (χ4v) is 3.66. The molecule has 6 heteroatoms. The van der Waals surface area contributed by atoms with Crippen LogP contribution in [0.1, 0.15) is 26.7 Å². The molecule has 0 aliphatic carbocycles. The molecule has 0 bridgehead atoms. The fourth-order valence-electron chi connectivity index (χ4n) is 3.66. The maximum absolute atomic E-state index is 13.0. The third kappa shape index (κ3) is 3.47. The van der Waals surface area contributed by atoms with Crippen LogP contribution in [0, 0.1) is 5.92 Å². The van der Waals surface area contributed by atoms with E-state index in [1.165, 1.54) is 0 Å². The fraction of sp³-hybridized carbons (Fsp3) is 0.706. The van der Waals surface area contributed by atoms with Crippen molar-refractivity contribution in [1.29, 1.82) is 0 Å². The Morgan fingerprint density at radius 3 is 2.43 bits per heavy atom. The Labute approximate surface area is 138 Å². The van der Waals surface area contributed by atoms with Gasteiger partial charge < -0.3 is 9.80 Å². The van der Waals surface area contributed by atoms with Crippen molar-refractivity contribution in [2.75, 3.05) is 38.1 Å². The van der Waals surface area contributed by atoms with Gasteiger partial charge in [-0.2, -0.15) is 0 Å². The number of piperidine rings is 1. The summed E-state index contributed by atoms with van der Waals surface area (Å²) in [6, 6.07) is 2.66. The summed E-state index contributed by atoms with van der Waals surface area (Å²) < 4.78 is 0. The highest BCUT2D eigenvalue weighted by atomic mass is 16.2. The van der Waals surface area contributed by atoms with Gasteiger partial charge in [-0.3, -0.25) is 9.69 Å². The van der Waals surface area contributed by atoms with Crippen LogP contribution < -0.4 is 4.90 Å². The number of likely N-dealkylation sites (N-methyl/N-ethyl adjacent to an activating group) is 1. The summed E-state index contributed by atoms with van der Waals surface area (Å²) in [6.07, 6.45) is 5.51. The van der Waals surface area contributed by atoms with E-state index in [9.17, 15) is 4.79 Å². The number of amides is 1. The van der Waals surface area contributed by atoms with Gasteiger partial charge in [0.2, 0.25) is 11.9 Å². The normalized spacial score (nSPS) is 29.6. The summed E-state index contributed by atoms with van der Waals surface area (Å²) in [5, 5.41) is 0. The monoisotopic (exact) mass is 317 g/mol. The maximum Gasteiger partial charge on any atom is 0.227 e. The molecule has 3 atom stereocenters. The summed E-state index contributed by atoms with van der Waals surface area (Å²) in [7, 11) is 2.15. The number of hydrogen-bond acceptors (Lipinski definition) is 5. The van der Waals surface area contributed by atoms with Crippen molar-refractivity contribution in [3.05, 3.63) is 18.5 Å². The first-order chi connectivity index (χ1) is 11.1. The van der Waals surface area contributed by atoms with Gasteiger partial charge in [-0.15, -0.1) is 0 Å². The van der Waals surface area contributed by atoms with Crippen molar-refractivity contribution < 1.29 is 4.79 Å². The molecule has 2 aliphatic heterocycles. The van der Waals surface area contributed by atoms with Crippen LogP contribution in [0.2, 0.25) is 0 Å². The second-order valence-corrected chi connectivity index (χ2v) is 6.94. The molecule has 6 nitrogen and oxygen atoms in total. The minimum atomic E-state index is 0.0652. The lowest BCUT2D eigenvalue weighted by atomic mass is 9.95. The van der Waals surface area contributed by atoms with Crippen molar-refractivity contribution in [2.45, 2.75) is 38.8 Å². The SMILES string of the molecule is C[C@@H]1CN(C(=O)C2CCCN(c3ncccn3)C2)C[C@H](C)N1C. The van der Waals surface area contributed by atoms with Gasteiger partial charge in [-0.05, 0) is 39.8 Å². The summed E-state index contributed by atoms with van der Waals surface area (Å²) in [5.41, 5.74) is 0. The standard InChI is InChI=1S/C17H27N5O/c1-13-10-22(11-14(2)20(13)3)16(23)15-6-4-9-21(12-15)17-18-7-5-8-19-17/h5,7-8,13-15H,4,6,9-12H2,1-3H3/t13-,14+,15?. The Balaban J connectivity index is 1.65. The average molecular weight is 317 g/mol. The third-order valence-corrected chi connectivity index (χ3v) is 5.28. The van der Waals surface area contributed by atoms with Crippen LogP contribution in [0.15, 0.2) is 18.5 Å². The van der Waals surface area contributed by atoms with Gasteiger partial charge in [0, 0.05) is 50.7 Å². The molecule has 1 amide bonds. The summed E-state index contributed by atoms with van der Waals surface area (Å²) in [4.78, 5) is 28.2. The third-order valence-electron chi connectivity index (χ3n) is 5.28. The average Bonchev–Trinajstić information content (AvgIpc) is 2.59. The molecule has 1 unspecified atom stereocenters. The van der Waals surface area contributed by atoms with Crippen molar-refractivity contribution in [3.8, 4) is 0 Å². The quantitative estimate of drug-likeness (QED) is 0.821. The topological polar surface area (TPSA) is 52.6 Å². The number of piperazine rings is 1. The Hall–Kier alpha value is -1.69. The van der Waals surface area contributed by atoms with Crippen LogP contribution in [0.25, 0.3) is 0 Å². The minimum absolute atomic E-state index is 0.0652. The molecule has 0 radical (unpaired) electrons.